The fourth-order valence-electron chi connectivity index (χ4n) is 2.91. The van der Waals surface area contributed by atoms with Crippen LogP contribution in [0.15, 0.2) is 12.1 Å². The molecule has 140 valence electrons. The van der Waals surface area contributed by atoms with Gasteiger partial charge in [-0.25, -0.2) is 19.9 Å². The fourth-order valence-corrected chi connectivity index (χ4v) is 2.91. The molecular formula is C17H20F3N5O. The third-order valence-corrected chi connectivity index (χ3v) is 4.23. The Kier molecular flexibility index (Phi) is 5.08. The second-order valence-electron chi connectivity index (χ2n) is 6.53. The summed E-state index contributed by atoms with van der Waals surface area (Å²) in [4.78, 5) is 16.3. The summed E-state index contributed by atoms with van der Waals surface area (Å²) in [5.41, 5.74) is 0.228. The molecular weight excluding hydrogens is 347 g/mol. The number of alkyl halides is 3. The van der Waals surface area contributed by atoms with Crippen molar-refractivity contribution in [2.45, 2.75) is 51.3 Å². The highest BCUT2D eigenvalue weighted by atomic mass is 19.4. The maximum absolute atomic E-state index is 12.8. The molecule has 1 aliphatic carbocycles. The number of nitrogens with zero attached hydrogens (tertiary/aromatic N) is 4. The molecule has 0 saturated heterocycles. The monoisotopic (exact) mass is 367 g/mol. The summed E-state index contributed by atoms with van der Waals surface area (Å²) in [7, 11) is 0. The van der Waals surface area contributed by atoms with Crippen molar-refractivity contribution in [1.29, 1.82) is 0 Å². The van der Waals surface area contributed by atoms with Gasteiger partial charge in [0.25, 0.3) is 0 Å². The molecule has 6 nitrogen and oxygen atoms in total. The number of rotatable bonds is 5. The van der Waals surface area contributed by atoms with Gasteiger partial charge < -0.3 is 10.4 Å². The van der Waals surface area contributed by atoms with E-state index in [1.54, 1.807) is 6.92 Å². The lowest BCUT2D eigenvalue weighted by Crippen LogP contribution is -2.27. The van der Waals surface area contributed by atoms with Crippen molar-refractivity contribution >= 4 is 5.82 Å². The Balaban J connectivity index is 1.64. The maximum Gasteiger partial charge on any atom is 0.433 e. The van der Waals surface area contributed by atoms with E-state index in [2.05, 4.69) is 25.3 Å². The lowest BCUT2D eigenvalue weighted by molar-refractivity contribution is -0.141. The van der Waals surface area contributed by atoms with Gasteiger partial charge in [-0.3, -0.25) is 0 Å². The molecule has 2 N–H and O–H groups in total. The van der Waals surface area contributed by atoms with E-state index in [1.807, 2.05) is 6.07 Å². The van der Waals surface area contributed by atoms with Crippen LogP contribution in [0.4, 0.5) is 19.0 Å². The summed E-state index contributed by atoms with van der Waals surface area (Å²) in [5, 5.41) is 12.5. The van der Waals surface area contributed by atoms with Gasteiger partial charge >= 0.3 is 6.18 Å². The molecule has 0 spiro atoms. The second kappa shape index (κ2) is 7.14. The number of hydrogen-bond donors (Lipinski definition) is 2. The zero-order valence-electron chi connectivity index (χ0n) is 14.5. The molecule has 0 aromatic carbocycles. The van der Waals surface area contributed by atoms with Crippen LogP contribution in [-0.2, 0) is 12.6 Å². The highest BCUT2D eigenvalue weighted by Crippen LogP contribution is 2.36. The summed E-state index contributed by atoms with van der Waals surface area (Å²) in [6, 6.07) is 2.76. The zero-order valence-corrected chi connectivity index (χ0v) is 14.5. The normalized spacial score (nSPS) is 19.9. The molecule has 9 heteroatoms. The summed E-state index contributed by atoms with van der Waals surface area (Å²) in [6.07, 6.45) is -3.14. The van der Waals surface area contributed by atoms with E-state index < -0.39 is 11.9 Å². The van der Waals surface area contributed by atoms with E-state index in [-0.39, 0.29) is 30.0 Å². The van der Waals surface area contributed by atoms with Crippen molar-refractivity contribution in [1.82, 2.24) is 19.9 Å². The Bertz CT molecular complexity index is 790. The quantitative estimate of drug-likeness (QED) is 0.846. The zero-order chi connectivity index (χ0) is 18.9. The standard InChI is InChI=1S/C17H20F3N5O/c1-9-5-14(17(18,19)20)25-15(22-9)3-4-21-16-8-13(23-10(2)24-16)11-6-12(26)7-11/h5,8,11-12,26H,3-4,6-7H2,1-2H3,(H,21,23,24). The van der Waals surface area contributed by atoms with Gasteiger partial charge in [-0.15, -0.1) is 0 Å². The molecule has 1 fully saturated rings. The van der Waals surface area contributed by atoms with Gasteiger partial charge in [0.05, 0.1) is 6.10 Å². The minimum Gasteiger partial charge on any atom is -0.393 e. The summed E-state index contributed by atoms with van der Waals surface area (Å²) >= 11 is 0. The molecule has 0 aliphatic heterocycles. The predicted octanol–water partition coefficient (Wildman–Crippen LogP) is 2.80. The third-order valence-electron chi connectivity index (χ3n) is 4.23. The molecule has 1 saturated carbocycles. The van der Waals surface area contributed by atoms with Crippen LogP contribution in [-0.4, -0.2) is 37.7 Å². The van der Waals surface area contributed by atoms with E-state index >= 15 is 0 Å². The first kappa shape index (κ1) is 18.5. The number of aliphatic hydroxyl groups excluding tert-OH is 1. The van der Waals surface area contributed by atoms with Gasteiger partial charge in [-0.1, -0.05) is 0 Å². The predicted molar refractivity (Wildman–Crippen MR) is 88.7 cm³/mol. The number of aliphatic hydroxyl groups is 1. The van der Waals surface area contributed by atoms with Crippen molar-refractivity contribution in [3.63, 3.8) is 0 Å². The third kappa shape index (κ3) is 4.46. The smallest absolute Gasteiger partial charge is 0.393 e. The topological polar surface area (TPSA) is 83.8 Å². The van der Waals surface area contributed by atoms with Gasteiger partial charge in [0.15, 0.2) is 0 Å². The average molecular weight is 367 g/mol. The molecule has 1 aliphatic rings. The van der Waals surface area contributed by atoms with Crippen LogP contribution in [0.3, 0.4) is 0 Å². The van der Waals surface area contributed by atoms with Crippen molar-refractivity contribution in [3.05, 3.63) is 40.9 Å². The second-order valence-corrected chi connectivity index (χ2v) is 6.53. The Morgan fingerprint density at radius 3 is 2.50 bits per heavy atom. The first-order valence-corrected chi connectivity index (χ1v) is 8.40. The van der Waals surface area contributed by atoms with Crippen molar-refractivity contribution in [2.24, 2.45) is 0 Å². The molecule has 2 aromatic rings. The first-order valence-electron chi connectivity index (χ1n) is 8.40. The molecule has 2 heterocycles. The molecule has 0 unspecified atom stereocenters. The minimum atomic E-state index is -4.48. The van der Waals surface area contributed by atoms with E-state index in [9.17, 15) is 18.3 Å². The summed E-state index contributed by atoms with van der Waals surface area (Å²) < 4.78 is 38.5. The number of anilines is 1. The van der Waals surface area contributed by atoms with Crippen LogP contribution in [0, 0.1) is 13.8 Å². The van der Waals surface area contributed by atoms with E-state index in [4.69, 9.17) is 0 Å². The Morgan fingerprint density at radius 2 is 1.85 bits per heavy atom. The lowest BCUT2D eigenvalue weighted by atomic mass is 9.80. The molecule has 0 bridgehead atoms. The Labute approximate surface area is 148 Å². The highest BCUT2D eigenvalue weighted by molar-refractivity contribution is 5.37. The van der Waals surface area contributed by atoms with Gasteiger partial charge in [-0.05, 0) is 32.8 Å². The summed E-state index contributed by atoms with van der Waals surface area (Å²) in [6.45, 7) is 3.65. The molecule has 3 rings (SSSR count). The number of aryl methyl sites for hydroxylation is 2. The lowest BCUT2D eigenvalue weighted by Gasteiger charge is -2.31. The van der Waals surface area contributed by atoms with Crippen molar-refractivity contribution < 1.29 is 18.3 Å². The van der Waals surface area contributed by atoms with Gasteiger partial charge in [0.1, 0.15) is 23.2 Å². The van der Waals surface area contributed by atoms with Gasteiger partial charge in [0, 0.05) is 36.3 Å². The maximum atomic E-state index is 12.8. The molecule has 0 radical (unpaired) electrons. The van der Waals surface area contributed by atoms with E-state index in [0.717, 1.165) is 11.8 Å². The van der Waals surface area contributed by atoms with Crippen LogP contribution < -0.4 is 5.32 Å². The first-order chi connectivity index (χ1) is 12.2. The van der Waals surface area contributed by atoms with Crippen LogP contribution in [0.1, 0.15) is 47.5 Å². The van der Waals surface area contributed by atoms with Crippen molar-refractivity contribution in [2.75, 3.05) is 11.9 Å². The van der Waals surface area contributed by atoms with E-state index in [0.29, 0.717) is 31.0 Å². The Hall–Kier alpha value is -2.29. The van der Waals surface area contributed by atoms with Crippen LogP contribution in [0.25, 0.3) is 0 Å². The highest BCUT2D eigenvalue weighted by Gasteiger charge is 2.33. The van der Waals surface area contributed by atoms with Crippen LogP contribution >= 0.6 is 0 Å². The van der Waals surface area contributed by atoms with Crippen LogP contribution in [0.5, 0.6) is 0 Å². The number of halogens is 3. The Morgan fingerprint density at radius 1 is 1.12 bits per heavy atom. The molecule has 2 aromatic heterocycles. The van der Waals surface area contributed by atoms with E-state index in [1.165, 1.54) is 6.92 Å². The van der Waals surface area contributed by atoms with Crippen molar-refractivity contribution in [3.8, 4) is 0 Å². The van der Waals surface area contributed by atoms with Gasteiger partial charge in [0.2, 0.25) is 0 Å². The fraction of sp³-hybridized carbons (Fsp3) is 0.529. The minimum absolute atomic E-state index is 0.137. The number of hydrogen-bond acceptors (Lipinski definition) is 6. The number of nitrogens with one attached hydrogen (secondary N) is 1. The van der Waals surface area contributed by atoms with Crippen LogP contribution in [0.2, 0.25) is 0 Å². The molecule has 0 atom stereocenters. The summed E-state index contributed by atoms with van der Waals surface area (Å²) in [5.74, 6) is 1.58. The average Bonchev–Trinajstić information content (AvgIpc) is 2.50. The number of aromatic nitrogens is 4. The SMILES string of the molecule is Cc1cc(C(F)(F)F)nc(CCNc2cc(C3CC(O)C3)nc(C)n2)n1. The largest absolute Gasteiger partial charge is 0.433 e. The van der Waals surface area contributed by atoms with Gasteiger partial charge in [-0.2, -0.15) is 13.2 Å². The molecule has 0 amide bonds. The molecule has 26 heavy (non-hydrogen) atoms.